The molecule has 2 aromatic rings. The predicted octanol–water partition coefficient (Wildman–Crippen LogP) is 4.10. The van der Waals surface area contributed by atoms with Crippen molar-refractivity contribution >= 4 is 17.6 Å². The molecule has 1 spiro atoms. The van der Waals surface area contributed by atoms with E-state index in [-0.39, 0.29) is 11.3 Å². The fraction of sp³-hybridized carbons (Fsp3) is 0.364. The lowest BCUT2D eigenvalue weighted by Crippen LogP contribution is -2.67. The number of carbonyl (C=O) groups is 2. The van der Waals surface area contributed by atoms with Crippen molar-refractivity contribution in [2.75, 3.05) is 4.90 Å². The topological polar surface area (TPSA) is 57.6 Å². The van der Waals surface area contributed by atoms with Crippen LogP contribution >= 0.6 is 0 Å². The molecule has 0 radical (unpaired) electrons. The van der Waals surface area contributed by atoms with E-state index in [1.165, 1.54) is 0 Å². The smallest absolute Gasteiger partial charge is 0.313 e. The minimum absolute atomic E-state index is 0.0591. The number of benzene rings is 2. The van der Waals surface area contributed by atoms with E-state index in [1.54, 1.807) is 6.07 Å². The van der Waals surface area contributed by atoms with Gasteiger partial charge >= 0.3 is 5.97 Å². The number of hydrogen-bond acceptors (Lipinski definition) is 2. The Morgan fingerprint density at radius 3 is 2.58 bits per heavy atom. The summed E-state index contributed by atoms with van der Waals surface area (Å²) >= 11 is 0. The first-order valence-electron chi connectivity index (χ1n) is 9.28. The molecule has 3 atom stereocenters. The van der Waals surface area contributed by atoms with Gasteiger partial charge < -0.3 is 5.11 Å². The summed E-state index contributed by atoms with van der Waals surface area (Å²) < 4.78 is 0. The van der Waals surface area contributed by atoms with Gasteiger partial charge in [-0.15, -0.1) is 0 Å². The van der Waals surface area contributed by atoms with E-state index in [0.29, 0.717) is 11.1 Å². The van der Waals surface area contributed by atoms with Crippen LogP contribution in [0.3, 0.4) is 0 Å². The lowest BCUT2D eigenvalue weighted by Gasteiger charge is -2.56. The summed E-state index contributed by atoms with van der Waals surface area (Å²) in [6, 6.07) is 15.3. The fourth-order valence-electron chi connectivity index (χ4n) is 5.98. The molecule has 1 N–H and O–H groups in total. The minimum Gasteiger partial charge on any atom is -0.481 e. The standard InChI is InChI=1S/C22H21NO3/c1-21-12-6-7-13-22(21)18(20(25)26)14-8-2-3-9-15(14)19(24)23(22)17-11-5-4-10-16(17)21/h2-5,8-11,18H,6-7,12-13H2,1H3,(H,25,26)/t18-,21-,22+/m1/s1. The maximum absolute atomic E-state index is 13.6. The maximum atomic E-state index is 13.6. The fourth-order valence-corrected chi connectivity index (χ4v) is 5.98. The Labute approximate surface area is 152 Å². The van der Waals surface area contributed by atoms with Gasteiger partial charge in [0, 0.05) is 16.7 Å². The average molecular weight is 347 g/mol. The van der Waals surface area contributed by atoms with Gasteiger partial charge in [0.25, 0.3) is 5.91 Å². The minimum atomic E-state index is -0.837. The Balaban J connectivity index is 1.90. The van der Waals surface area contributed by atoms with E-state index in [0.717, 1.165) is 36.9 Å². The van der Waals surface area contributed by atoms with Gasteiger partial charge in [-0.2, -0.15) is 0 Å². The molecule has 1 fully saturated rings. The Morgan fingerprint density at radius 2 is 1.77 bits per heavy atom. The highest BCUT2D eigenvalue weighted by atomic mass is 16.4. The number of amides is 1. The zero-order chi connectivity index (χ0) is 18.1. The van der Waals surface area contributed by atoms with Gasteiger partial charge in [-0.3, -0.25) is 14.5 Å². The molecule has 132 valence electrons. The molecule has 0 aromatic heterocycles. The predicted molar refractivity (Wildman–Crippen MR) is 98.6 cm³/mol. The van der Waals surface area contributed by atoms with E-state index < -0.39 is 17.4 Å². The first-order valence-corrected chi connectivity index (χ1v) is 9.28. The second-order valence-corrected chi connectivity index (χ2v) is 7.98. The van der Waals surface area contributed by atoms with Crippen molar-refractivity contribution < 1.29 is 14.7 Å². The highest BCUT2D eigenvalue weighted by molar-refractivity contribution is 6.13. The second kappa shape index (κ2) is 4.97. The summed E-state index contributed by atoms with van der Waals surface area (Å²) in [7, 11) is 0. The van der Waals surface area contributed by atoms with Crippen LogP contribution in [0.25, 0.3) is 0 Å². The lowest BCUT2D eigenvalue weighted by atomic mass is 9.53. The number of carboxylic acids is 1. The van der Waals surface area contributed by atoms with Crippen LogP contribution in [0.5, 0.6) is 0 Å². The third-order valence-electron chi connectivity index (χ3n) is 7.01. The summed E-state index contributed by atoms with van der Waals surface area (Å²) in [6.07, 6.45) is 3.62. The van der Waals surface area contributed by atoms with Gasteiger partial charge in [0.05, 0.1) is 5.54 Å². The molecular weight excluding hydrogens is 326 g/mol. The molecule has 2 aromatic carbocycles. The first kappa shape index (κ1) is 15.6. The number of hydrogen-bond donors (Lipinski definition) is 1. The number of carbonyl (C=O) groups excluding carboxylic acids is 1. The van der Waals surface area contributed by atoms with E-state index in [1.807, 2.05) is 41.3 Å². The average Bonchev–Trinajstić information content (AvgIpc) is 2.88. The zero-order valence-electron chi connectivity index (χ0n) is 14.7. The SMILES string of the molecule is C[C@]12CCCC[C@]13[C@@H](C(=O)O)c1ccccc1C(=O)N3c1ccccc12. The van der Waals surface area contributed by atoms with Crippen molar-refractivity contribution in [1.82, 2.24) is 0 Å². The van der Waals surface area contributed by atoms with E-state index in [2.05, 4.69) is 13.0 Å². The molecule has 3 aliphatic rings. The largest absolute Gasteiger partial charge is 0.481 e. The number of fused-ring (bicyclic) bond motifs is 4. The van der Waals surface area contributed by atoms with Crippen molar-refractivity contribution in [1.29, 1.82) is 0 Å². The van der Waals surface area contributed by atoms with Crippen LogP contribution in [0.4, 0.5) is 5.69 Å². The molecule has 1 saturated carbocycles. The van der Waals surface area contributed by atoms with Crippen molar-refractivity contribution in [3.05, 3.63) is 65.2 Å². The molecule has 1 aliphatic carbocycles. The Kier molecular flexibility index (Phi) is 2.98. The van der Waals surface area contributed by atoms with Gasteiger partial charge in [-0.25, -0.2) is 0 Å². The van der Waals surface area contributed by atoms with Crippen LogP contribution in [0.2, 0.25) is 0 Å². The summed E-state index contributed by atoms with van der Waals surface area (Å²) in [6.45, 7) is 2.17. The molecule has 2 heterocycles. The van der Waals surface area contributed by atoms with Crippen molar-refractivity contribution in [2.24, 2.45) is 0 Å². The van der Waals surface area contributed by atoms with Crippen molar-refractivity contribution in [3.63, 3.8) is 0 Å². The lowest BCUT2D eigenvalue weighted by molar-refractivity contribution is -0.142. The molecule has 4 heteroatoms. The normalized spacial score (nSPS) is 31.7. The van der Waals surface area contributed by atoms with Crippen molar-refractivity contribution in [2.45, 2.75) is 49.5 Å². The Hall–Kier alpha value is -2.62. The van der Waals surface area contributed by atoms with Crippen LogP contribution in [0.15, 0.2) is 48.5 Å². The molecular formula is C22H21NO3. The quantitative estimate of drug-likeness (QED) is 0.845. The molecule has 0 bridgehead atoms. The summed E-state index contributed by atoms with van der Waals surface area (Å²) in [5, 5.41) is 10.3. The van der Waals surface area contributed by atoms with Gasteiger partial charge in [0.1, 0.15) is 5.92 Å². The molecule has 0 unspecified atom stereocenters. The monoisotopic (exact) mass is 347 g/mol. The Morgan fingerprint density at radius 1 is 1.08 bits per heavy atom. The van der Waals surface area contributed by atoms with Crippen LogP contribution in [0.1, 0.15) is 60.0 Å². The summed E-state index contributed by atoms with van der Waals surface area (Å²) in [5.41, 5.74) is 2.12. The third kappa shape index (κ3) is 1.56. The zero-order valence-corrected chi connectivity index (χ0v) is 14.7. The van der Waals surface area contributed by atoms with Gasteiger partial charge in [0.15, 0.2) is 0 Å². The number of para-hydroxylation sites is 1. The molecule has 2 aliphatic heterocycles. The number of carboxylic acid groups (broad SMARTS) is 1. The third-order valence-corrected chi connectivity index (χ3v) is 7.01. The molecule has 0 saturated heterocycles. The number of nitrogens with zero attached hydrogens (tertiary/aromatic N) is 1. The number of anilines is 1. The molecule has 4 nitrogen and oxygen atoms in total. The molecule has 1 amide bonds. The molecule has 5 rings (SSSR count). The number of rotatable bonds is 1. The summed E-state index contributed by atoms with van der Waals surface area (Å²) in [4.78, 5) is 28.0. The van der Waals surface area contributed by atoms with Gasteiger partial charge in [0.2, 0.25) is 0 Å². The van der Waals surface area contributed by atoms with Crippen LogP contribution < -0.4 is 4.90 Å². The first-order chi connectivity index (χ1) is 12.5. The van der Waals surface area contributed by atoms with Crippen molar-refractivity contribution in [3.8, 4) is 0 Å². The van der Waals surface area contributed by atoms with Crippen LogP contribution in [-0.4, -0.2) is 22.5 Å². The molecule has 26 heavy (non-hydrogen) atoms. The van der Waals surface area contributed by atoms with Crippen LogP contribution in [0, 0.1) is 0 Å². The maximum Gasteiger partial charge on any atom is 0.313 e. The summed E-state index contributed by atoms with van der Waals surface area (Å²) in [5.74, 6) is -1.61. The van der Waals surface area contributed by atoms with Gasteiger partial charge in [-0.05, 0) is 36.1 Å². The number of aliphatic carboxylic acids is 1. The van der Waals surface area contributed by atoms with E-state index >= 15 is 0 Å². The van der Waals surface area contributed by atoms with E-state index in [4.69, 9.17) is 0 Å². The van der Waals surface area contributed by atoms with Gasteiger partial charge in [-0.1, -0.05) is 56.2 Å². The highest BCUT2D eigenvalue weighted by Crippen LogP contribution is 2.65. The highest BCUT2D eigenvalue weighted by Gasteiger charge is 2.69. The second-order valence-electron chi connectivity index (χ2n) is 7.98. The van der Waals surface area contributed by atoms with E-state index in [9.17, 15) is 14.7 Å². The Bertz CT molecular complexity index is 952. The van der Waals surface area contributed by atoms with Crippen LogP contribution in [-0.2, 0) is 10.2 Å².